The number of ether oxygens (including phenoxy) is 1. The average molecular weight is 416 g/mol. The number of phenolic OH excluding ortho intramolecular Hbond substituents is 1. The molecule has 0 atom stereocenters. The summed E-state index contributed by atoms with van der Waals surface area (Å²) >= 11 is 0. The quantitative estimate of drug-likeness (QED) is 0.560. The minimum Gasteiger partial charge on any atom is -0.508 e. The van der Waals surface area contributed by atoms with E-state index in [2.05, 4.69) is 38.1 Å². The molecule has 4 nitrogen and oxygen atoms in total. The van der Waals surface area contributed by atoms with Gasteiger partial charge in [0.05, 0.1) is 0 Å². The molecular weight excluding hydrogens is 386 g/mol. The minimum atomic E-state index is -0.281. The van der Waals surface area contributed by atoms with E-state index >= 15 is 0 Å². The Balaban J connectivity index is 1.36. The van der Waals surface area contributed by atoms with Crippen LogP contribution in [0.2, 0.25) is 0 Å². The van der Waals surface area contributed by atoms with Gasteiger partial charge in [-0.25, -0.2) is 4.79 Å². The molecule has 1 aliphatic heterocycles. The van der Waals surface area contributed by atoms with Crippen LogP contribution in [0.5, 0.6) is 11.5 Å². The lowest BCUT2D eigenvalue weighted by Crippen LogP contribution is -2.39. The number of piperidine rings is 1. The molecule has 1 aliphatic rings. The van der Waals surface area contributed by atoms with Gasteiger partial charge < -0.3 is 14.7 Å². The molecule has 0 aromatic heterocycles. The Morgan fingerprint density at radius 2 is 1.42 bits per heavy atom. The molecule has 0 saturated carbocycles. The van der Waals surface area contributed by atoms with Crippen molar-refractivity contribution < 1.29 is 14.6 Å². The van der Waals surface area contributed by atoms with Crippen molar-refractivity contribution in [3.63, 3.8) is 0 Å². The van der Waals surface area contributed by atoms with Crippen LogP contribution in [0, 0.1) is 0 Å². The van der Waals surface area contributed by atoms with Crippen LogP contribution < -0.4 is 4.74 Å². The van der Waals surface area contributed by atoms with Crippen molar-refractivity contribution in [1.29, 1.82) is 0 Å². The number of likely N-dealkylation sites (tertiary alicyclic amines) is 1. The Bertz CT molecular complexity index is 1000. The Morgan fingerprint density at radius 3 is 2.00 bits per heavy atom. The molecule has 1 amide bonds. The maximum atomic E-state index is 12.6. The topological polar surface area (TPSA) is 49.8 Å². The number of carbonyl (C=O) groups excluding carboxylic acids is 1. The molecule has 3 aromatic carbocycles. The number of carbonyl (C=O) groups is 1. The van der Waals surface area contributed by atoms with Gasteiger partial charge in [-0.3, -0.25) is 0 Å². The van der Waals surface area contributed by atoms with E-state index < -0.39 is 0 Å². The molecule has 3 aromatic rings. The fraction of sp³-hybridized carbons (Fsp3) is 0.296. The van der Waals surface area contributed by atoms with E-state index in [4.69, 9.17) is 4.74 Å². The van der Waals surface area contributed by atoms with E-state index in [1.54, 1.807) is 17.0 Å². The summed E-state index contributed by atoms with van der Waals surface area (Å²) in [4.78, 5) is 14.4. The predicted molar refractivity (Wildman–Crippen MR) is 123 cm³/mol. The van der Waals surface area contributed by atoms with Gasteiger partial charge in [0.15, 0.2) is 0 Å². The zero-order chi connectivity index (χ0) is 21.8. The average Bonchev–Trinajstić information content (AvgIpc) is 2.80. The Kier molecular flexibility index (Phi) is 5.99. The molecular formula is C27H29NO3. The summed E-state index contributed by atoms with van der Waals surface area (Å²) in [6.07, 6.45) is 1.63. The summed E-state index contributed by atoms with van der Waals surface area (Å²) in [5, 5.41) is 9.54. The predicted octanol–water partition coefficient (Wildman–Crippen LogP) is 6.10. The zero-order valence-electron chi connectivity index (χ0n) is 18.1. The molecule has 1 saturated heterocycles. The number of phenols is 1. The first-order valence-corrected chi connectivity index (χ1v) is 10.9. The first-order valence-electron chi connectivity index (χ1n) is 10.9. The summed E-state index contributed by atoms with van der Waals surface area (Å²) < 4.78 is 5.64. The third-order valence-corrected chi connectivity index (χ3v) is 6.39. The molecule has 31 heavy (non-hydrogen) atoms. The number of benzene rings is 3. The fourth-order valence-electron chi connectivity index (χ4n) is 4.27. The van der Waals surface area contributed by atoms with Gasteiger partial charge in [-0.05, 0) is 59.7 Å². The highest BCUT2D eigenvalue weighted by Crippen LogP contribution is 2.33. The van der Waals surface area contributed by atoms with Gasteiger partial charge >= 0.3 is 6.09 Å². The van der Waals surface area contributed by atoms with Crippen molar-refractivity contribution in [1.82, 2.24) is 4.90 Å². The minimum absolute atomic E-state index is 0.227. The van der Waals surface area contributed by atoms with Gasteiger partial charge in [-0.2, -0.15) is 0 Å². The second-order valence-corrected chi connectivity index (χ2v) is 8.74. The van der Waals surface area contributed by atoms with Crippen molar-refractivity contribution in [2.24, 2.45) is 0 Å². The number of amides is 1. The molecule has 0 radical (unpaired) electrons. The van der Waals surface area contributed by atoms with Crippen LogP contribution in [0.1, 0.15) is 49.3 Å². The van der Waals surface area contributed by atoms with Gasteiger partial charge in [0.2, 0.25) is 0 Å². The van der Waals surface area contributed by atoms with Gasteiger partial charge in [-0.15, -0.1) is 0 Å². The zero-order valence-corrected chi connectivity index (χ0v) is 18.1. The summed E-state index contributed by atoms with van der Waals surface area (Å²) in [6.45, 7) is 5.70. The monoisotopic (exact) mass is 415 g/mol. The summed E-state index contributed by atoms with van der Waals surface area (Å²) in [6, 6.07) is 25.5. The molecule has 1 heterocycles. The van der Waals surface area contributed by atoms with Crippen molar-refractivity contribution >= 4 is 6.09 Å². The van der Waals surface area contributed by atoms with E-state index in [-0.39, 0.29) is 17.3 Å². The number of rotatable bonds is 4. The van der Waals surface area contributed by atoms with Crippen LogP contribution in [0.15, 0.2) is 78.9 Å². The van der Waals surface area contributed by atoms with Gasteiger partial charge in [0.25, 0.3) is 0 Å². The van der Waals surface area contributed by atoms with Crippen LogP contribution >= 0.6 is 0 Å². The standard InChI is InChI=1S/C27H29NO3/c1-27(2,22-8-12-24(29)13-9-22)23-10-14-25(15-11-23)31-26(30)28-18-16-21(17-19-28)20-6-4-3-5-7-20/h3-15,21,29H,16-19H2,1-2H3. The van der Waals surface area contributed by atoms with Gasteiger partial charge in [0.1, 0.15) is 11.5 Å². The third-order valence-electron chi connectivity index (χ3n) is 6.39. The largest absolute Gasteiger partial charge is 0.508 e. The maximum Gasteiger partial charge on any atom is 0.415 e. The van der Waals surface area contributed by atoms with E-state index in [1.165, 1.54) is 5.56 Å². The van der Waals surface area contributed by atoms with Crippen LogP contribution in [0.3, 0.4) is 0 Å². The normalized spacial score (nSPS) is 15.0. The van der Waals surface area contributed by atoms with Crippen molar-refractivity contribution in [3.8, 4) is 11.5 Å². The van der Waals surface area contributed by atoms with Crippen LogP contribution in [-0.2, 0) is 5.41 Å². The number of aromatic hydroxyl groups is 1. The summed E-state index contributed by atoms with van der Waals surface area (Å²) in [5.74, 6) is 1.32. The molecule has 1 N–H and O–H groups in total. The van der Waals surface area contributed by atoms with E-state index in [0.29, 0.717) is 24.8 Å². The van der Waals surface area contributed by atoms with Crippen molar-refractivity contribution in [3.05, 3.63) is 95.6 Å². The van der Waals surface area contributed by atoms with Gasteiger partial charge in [0, 0.05) is 18.5 Å². The maximum absolute atomic E-state index is 12.6. The molecule has 160 valence electrons. The first-order chi connectivity index (χ1) is 14.9. The van der Waals surface area contributed by atoms with Crippen LogP contribution in [-0.4, -0.2) is 29.2 Å². The van der Waals surface area contributed by atoms with Crippen molar-refractivity contribution in [2.45, 2.75) is 38.0 Å². The van der Waals surface area contributed by atoms with Crippen molar-refractivity contribution in [2.75, 3.05) is 13.1 Å². The molecule has 4 heteroatoms. The SMILES string of the molecule is CC(C)(c1ccc(O)cc1)c1ccc(OC(=O)N2CCC(c3ccccc3)CC2)cc1. The lowest BCUT2D eigenvalue weighted by atomic mass is 9.78. The molecule has 0 spiro atoms. The Hall–Kier alpha value is -3.27. The summed E-state index contributed by atoms with van der Waals surface area (Å²) in [7, 11) is 0. The Labute approximate surface area is 184 Å². The molecule has 1 fully saturated rings. The fourth-order valence-corrected chi connectivity index (χ4v) is 4.27. The van der Waals surface area contributed by atoms with Crippen LogP contribution in [0.25, 0.3) is 0 Å². The molecule has 0 unspecified atom stereocenters. The van der Waals surface area contributed by atoms with E-state index in [1.807, 2.05) is 42.5 Å². The Morgan fingerprint density at radius 1 is 0.871 bits per heavy atom. The highest BCUT2D eigenvalue weighted by molar-refractivity contribution is 5.70. The lowest BCUT2D eigenvalue weighted by Gasteiger charge is -2.31. The van der Waals surface area contributed by atoms with E-state index in [9.17, 15) is 9.90 Å². The third kappa shape index (κ3) is 4.74. The second kappa shape index (κ2) is 8.84. The molecule has 0 aliphatic carbocycles. The number of hydrogen-bond donors (Lipinski definition) is 1. The number of hydrogen-bond acceptors (Lipinski definition) is 3. The molecule has 4 rings (SSSR count). The lowest BCUT2D eigenvalue weighted by molar-refractivity contribution is 0.138. The smallest absolute Gasteiger partial charge is 0.415 e. The second-order valence-electron chi connectivity index (χ2n) is 8.74. The highest BCUT2D eigenvalue weighted by atomic mass is 16.6. The highest BCUT2D eigenvalue weighted by Gasteiger charge is 2.26. The first kappa shape index (κ1) is 21.0. The summed E-state index contributed by atoms with van der Waals surface area (Å²) in [5.41, 5.74) is 3.34. The van der Waals surface area contributed by atoms with E-state index in [0.717, 1.165) is 24.0 Å². The number of nitrogens with zero attached hydrogens (tertiary/aromatic N) is 1. The van der Waals surface area contributed by atoms with Crippen LogP contribution in [0.4, 0.5) is 4.79 Å². The van der Waals surface area contributed by atoms with Gasteiger partial charge in [-0.1, -0.05) is 68.4 Å². The molecule has 0 bridgehead atoms.